The van der Waals surface area contributed by atoms with Crippen molar-refractivity contribution in [3.8, 4) is 5.75 Å². The molecule has 0 radical (unpaired) electrons. The number of nitrogens with one attached hydrogen (secondary N) is 1. The van der Waals surface area contributed by atoms with Gasteiger partial charge in [-0.1, -0.05) is 49.0 Å². The maximum atomic E-state index is 12.9. The number of rotatable bonds is 9. The third-order valence-corrected chi connectivity index (χ3v) is 6.47. The van der Waals surface area contributed by atoms with E-state index in [9.17, 15) is 9.59 Å². The average Bonchev–Trinajstić information content (AvgIpc) is 3.19. The average molecular weight is 466 g/mol. The van der Waals surface area contributed by atoms with Gasteiger partial charge in [-0.2, -0.15) is 0 Å². The molecule has 8 nitrogen and oxygen atoms in total. The van der Waals surface area contributed by atoms with Crippen LogP contribution in [0, 0.1) is 0 Å². The second kappa shape index (κ2) is 10.2. The molecule has 0 unspecified atom stereocenters. The highest BCUT2D eigenvalue weighted by molar-refractivity contribution is 7.99. The van der Waals surface area contributed by atoms with Crippen LogP contribution in [0.25, 0.3) is 0 Å². The predicted octanol–water partition coefficient (Wildman–Crippen LogP) is 3.65. The number of ether oxygens (including phenoxy) is 1. The SMILES string of the molecule is CC[C@@H](c1nnc(SCC(=O)c2ccc3c(c2)NC(=O)CO3)n1Cc1ccccc1)N(C)C. The zero-order valence-electron chi connectivity index (χ0n) is 18.9. The Hall–Kier alpha value is -3.17. The number of carbonyl (C=O) groups excluding carboxylic acids is 2. The summed E-state index contributed by atoms with van der Waals surface area (Å²) in [6.45, 7) is 2.74. The molecule has 0 fully saturated rings. The molecule has 0 saturated heterocycles. The van der Waals surface area contributed by atoms with Crippen LogP contribution in [0.5, 0.6) is 5.75 Å². The number of nitrogens with zero attached hydrogens (tertiary/aromatic N) is 4. The fourth-order valence-corrected chi connectivity index (χ4v) is 4.66. The number of Topliss-reactive ketones (excluding diaryl/α,β-unsaturated/α-hetero) is 1. The van der Waals surface area contributed by atoms with Gasteiger partial charge in [0.05, 0.1) is 24.0 Å². The van der Waals surface area contributed by atoms with Gasteiger partial charge in [-0.3, -0.25) is 14.5 Å². The minimum absolute atomic E-state index is 0.0126. The molecule has 1 N–H and O–H groups in total. The lowest BCUT2D eigenvalue weighted by molar-refractivity contribution is -0.118. The second-order valence-electron chi connectivity index (χ2n) is 8.06. The van der Waals surface area contributed by atoms with Crippen LogP contribution in [-0.4, -0.2) is 57.8 Å². The Morgan fingerprint density at radius 3 is 2.73 bits per heavy atom. The zero-order valence-corrected chi connectivity index (χ0v) is 19.8. The molecule has 2 heterocycles. The van der Waals surface area contributed by atoms with E-state index in [0.29, 0.717) is 28.7 Å². The van der Waals surface area contributed by atoms with E-state index < -0.39 is 0 Å². The van der Waals surface area contributed by atoms with Gasteiger partial charge in [-0.05, 0) is 44.3 Å². The summed E-state index contributed by atoms with van der Waals surface area (Å²) in [5, 5.41) is 12.4. The fourth-order valence-electron chi connectivity index (χ4n) is 3.82. The summed E-state index contributed by atoms with van der Waals surface area (Å²) >= 11 is 1.37. The largest absolute Gasteiger partial charge is 0.482 e. The number of anilines is 1. The van der Waals surface area contributed by atoms with Gasteiger partial charge in [0.15, 0.2) is 23.4 Å². The topological polar surface area (TPSA) is 89.4 Å². The maximum absolute atomic E-state index is 12.9. The van der Waals surface area contributed by atoms with Crippen LogP contribution in [0.2, 0.25) is 0 Å². The molecular formula is C24H27N5O3S. The first-order valence-corrected chi connectivity index (χ1v) is 11.8. The Balaban J connectivity index is 1.55. The van der Waals surface area contributed by atoms with Crippen molar-refractivity contribution in [3.05, 3.63) is 65.5 Å². The number of carbonyl (C=O) groups is 2. The first-order valence-electron chi connectivity index (χ1n) is 10.8. The molecule has 0 spiro atoms. The molecule has 1 aliphatic heterocycles. The van der Waals surface area contributed by atoms with E-state index in [1.54, 1.807) is 18.2 Å². The molecule has 0 bridgehead atoms. The zero-order chi connectivity index (χ0) is 23.4. The van der Waals surface area contributed by atoms with Crippen LogP contribution in [0.1, 0.15) is 41.1 Å². The van der Waals surface area contributed by atoms with Crippen LogP contribution in [0.4, 0.5) is 5.69 Å². The van der Waals surface area contributed by atoms with Crippen molar-refractivity contribution >= 4 is 29.1 Å². The van der Waals surface area contributed by atoms with Crippen molar-refractivity contribution in [2.45, 2.75) is 31.1 Å². The molecule has 172 valence electrons. The first kappa shape index (κ1) is 23.0. The fraction of sp³-hybridized carbons (Fsp3) is 0.333. The van der Waals surface area contributed by atoms with Crippen LogP contribution in [0.15, 0.2) is 53.7 Å². The normalized spacial score (nSPS) is 13.9. The third-order valence-electron chi connectivity index (χ3n) is 5.50. The van der Waals surface area contributed by atoms with Crippen LogP contribution >= 0.6 is 11.8 Å². The van der Waals surface area contributed by atoms with E-state index in [0.717, 1.165) is 17.8 Å². The van der Waals surface area contributed by atoms with Crippen molar-refractivity contribution < 1.29 is 14.3 Å². The minimum atomic E-state index is -0.227. The summed E-state index contributed by atoms with van der Waals surface area (Å²) in [5.41, 5.74) is 2.18. The first-order chi connectivity index (χ1) is 16.0. The molecule has 1 atom stereocenters. The molecular weight excluding hydrogens is 438 g/mol. The van der Waals surface area contributed by atoms with Crippen molar-refractivity contribution in [3.63, 3.8) is 0 Å². The lowest BCUT2D eigenvalue weighted by Crippen LogP contribution is -2.25. The monoisotopic (exact) mass is 465 g/mol. The number of benzene rings is 2. The summed E-state index contributed by atoms with van der Waals surface area (Å²) < 4.78 is 7.47. The summed E-state index contributed by atoms with van der Waals surface area (Å²) in [5.74, 6) is 1.38. The Labute approximate surface area is 197 Å². The van der Waals surface area contributed by atoms with Gasteiger partial charge in [0.1, 0.15) is 5.75 Å². The van der Waals surface area contributed by atoms with Gasteiger partial charge >= 0.3 is 0 Å². The molecule has 2 aromatic carbocycles. The van der Waals surface area contributed by atoms with E-state index >= 15 is 0 Å². The van der Waals surface area contributed by atoms with E-state index in [-0.39, 0.29) is 30.1 Å². The Kier molecular flexibility index (Phi) is 7.10. The van der Waals surface area contributed by atoms with E-state index in [2.05, 4.69) is 44.0 Å². The molecule has 3 aromatic rings. The standard InChI is InChI=1S/C24H27N5O3S/c1-4-19(28(2)3)23-26-27-24(29(23)13-16-8-6-5-7-9-16)33-15-20(30)17-10-11-21-18(12-17)25-22(31)14-32-21/h5-12,19H,4,13-15H2,1-3H3,(H,25,31)/t19-/m0/s1. The highest BCUT2D eigenvalue weighted by Gasteiger charge is 2.23. The Morgan fingerprint density at radius 1 is 1.21 bits per heavy atom. The highest BCUT2D eigenvalue weighted by Crippen LogP contribution is 2.30. The number of fused-ring (bicyclic) bond motifs is 1. The van der Waals surface area contributed by atoms with E-state index in [1.807, 2.05) is 32.3 Å². The van der Waals surface area contributed by atoms with Crippen molar-refractivity contribution in [2.24, 2.45) is 0 Å². The van der Waals surface area contributed by atoms with Crippen LogP contribution < -0.4 is 10.1 Å². The molecule has 33 heavy (non-hydrogen) atoms. The smallest absolute Gasteiger partial charge is 0.262 e. The Morgan fingerprint density at radius 2 is 2.00 bits per heavy atom. The summed E-state index contributed by atoms with van der Waals surface area (Å²) in [6.07, 6.45) is 0.895. The molecule has 1 aliphatic rings. The van der Waals surface area contributed by atoms with Gasteiger partial charge in [0, 0.05) is 5.56 Å². The van der Waals surface area contributed by atoms with Gasteiger partial charge in [0.25, 0.3) is 5.91 Å². The number of thioether (sulfide) groups is 1. The maximum Gasteiger partial charge on any atom is 0.262 e. The van der Waals surface area contributed by atoms with Crippen LogP contribution in [-0.2, 0) is 11.3 Å². The predicted molar refractivity (Wildman–Crippen MR) is 128 cm³/mol. The summed E-state index contributed by atoms with van der Waals surface area (Å²) in [7, 11) is 4.06. The number of amides is 1. The Bertz CT molecular complexity index is 1150. The van der Waals surface area contributed by atoms with Crippen molar-refractivity contribution in [2.75, 3.05) is 31.8 Å². The third kappa shape index (κ3) is 5.26. The van der Waals surface area contributed by atoms with E-state index in [4.69, 9.17) is 4.74 Å². The quantitative estimate of drug-likeness (QED) is 0.381. The molecule has 9 heteroatoms. The van der Waals surface area contributed by atoms with Gasteiger partial charge in [-0.15, -0.1) is 10.2 Å². The molecule has 0 aliphatic carbocycles. The van der Waals surface area contributed by atoms with Crippen LogP contribution in [0.3, 0.4) is 0 Å². The van der Waals surface area contributed by atoms with Crippen molar-refractivity contribution in [1.82, 2.24) is 19.7 Å². The lowest BCUT2D eigenvalue weighted by atomic mass is 10.1. The molecule has 1 aromatic heterocycles. The number of aromatic nitrogens is 3. The molecule has 1 amide bonds. The number of ketones is 1. The number of hydrogen-bond acceptors (Lipinski definition) is 7. The highest BCUT2D eigenvalue weighted by atomic mass is 32.2. The number of hydrogen-bond donors (Lipinski definition) is 1. The minimum Gasteiger partial charge on any atom is -0.482 e. The molecule has 0 saturated carbocycles. The molecule has 4 rings (SSSR count). The van der Waals surface area contributed by atoms with Gasteiger partial charge in [-0.25, -0.2) is 0 Å². The summed E-state index contributed by atoms with van der Waals surface area (Å²) in [6, 6.07) is 15.4. The summed E-state index contributed by atoms with van der Waals surface area (Å²) in [4.78, 5) is 26.6. The van der Waals surface area contributed by atoms with E-state index in [1.165, 1.54) is 11.8 Å². The second-order valence-corrected chi connectivity index (χ2v) is 9.00. The lowest BCUT2D eigenvalue weighted by Gasteiger charge is -2.23. The van der Waals surface area contributed by atoms with Gasteiger partial charge < -0.3 is 14.6 Å². The van der Waals surface area contributed by atoms with Gasteiger partial charge in [0.2, 0.25) is 0 Å². The van der Waals surface area contributed by atoms with Crippen molar-refractivity contribution in [1.29, 1.82) is 0 Å².